The fourth-order valence-electron chi connectivity index (χ4n) is 3.84. The van der Waals surface area contributed by atoms with Crippen molar-refractivity contribution in [2.24, 2.45) is 0 Å². The van der Waals surface area contributed by atoms with Crippen LogP contribution in [0.15, 0.2) is 23.8 Å². The highest BCUT2D eigenvalue weighted by molar-refractivity contribution is 14.1. The van der Waals surface area contributed by atoms with Gasteiger partial charge in [-0.15, -0.1) is 0 Å². The van der Waals surface area contributed by atoms with Gasteiger partial charge in [-0.1, -0.05) is 0 Å². The molecule has 2 amide bonds. The van der Waals surface area contributed by atoms with Crippen LogP contribution in [0.5, 0.6) is 11.5 Å². The minimum absolute atomic E-state index is 0.0496. The van der Waals surface area contributed by atoms with E-state index in [0.29, 0.717) is 21.0 Å². The summed E-state index contributed by atoms with van der Waals surface area (Å²) in [6, 6.07) is 2.32. The quantitative estimate of drug-likeness (QED) is 0.201. The number of aliphatic hydroxyl groups is 2. The highest BCUT2D eigenvalue weighted by Gasteiger charge is 2.40. The number of aliphatic hydroxyl groups excluding tert-OH is 2. The minimum atomic E-state index is -1.20. The molecule has 1 aliphatic rings. The third kappa shape index (κ3) is 7.87. The second kappa shape index (κ2) is 15.1. The maximum absolute atomic E-state index is 13.0. The zero-order valence-electron chi connectivity index (χ0n) is 20.6. The van der Waals surface area contributed by atoms with Crippen LogP contribution in [0.3, 0.4) is 0 Å². The van der Waals surface area contributed by atoms with E-state index >= 15 is 0 Å². The summed E-state index contributed by atoms with van der Waals surface area (Å²) >= 11 is 1.99. The Hall–Kier alpha value is -2.26. The molecule has 1 aliphatic carbocycles. The number of halogens is 1. The Kier molecular flexibility index (Phi) is 12.6. The van der Waals surface area contributed by atoms with E-state index in [4.69, 9.17) is 24.1 Å². The molecular formula is C24H33IN2O9. The number of carbonyl (C=O) groups excluding carboxylic acids is 3. The number of amides is 2. The van der Waals surface area contributed by atoms with Gasteiger partial charge in [0.15, 0.2) is 11.5 Å². The van der Waals surface area contributed by atoms with Crippen LogP contribution in [0, 0.1) is 3.57 Å². The summed E-state index contributed by atoms with van der Waals surface area (Å²) in [5, 5.41) is 23.1. The summed E-state index contributed by atoms with van der Waals surface area (Å²) in [5.41, 5.74) is 0.684. The van der Waals surface area contributed by atoms with E-state index in [9.17, 15) is 19.5 Å². The van der Waals surface area contributed by atoms with Crippen molar-refractivity contribution in [3.05, 3.63) is 32.9 Å². The van der Waals surface area contributed by atoms with Crippen molar-refractivity contribution in [1.29, 1.82) is 0 Å². The number of nitrogens with one attached hydrogen (secondary N) is 1. The highest BCUT2D eigenvalue weighted by Crippen LogP contribution is 2.37. The zero-order valence-corrected chi connectivity index (χ0v) is 22.7. The van der Waals surface area contributed by atoms with Crippen molar-refractivity contribution < 1.29 is 43.5 Å². The van der Waals surface area contributed by atoms with Gasteiger partial charge in [-0.2, -0.15) is 0 Å². The van der Waals surface area contributed by atoms with Crippen LogP contribution in [0.25, 0.3) is 0 Å². The Morgan fingerprint density at radius 2 is 1.94 bits per heavy atom. The number of ether oxygens (including phenoxy) is 4. The minimum Gasteiger partial charge on any atom is -0.493 e. The highest BCUT2D eigenvalue weighted by atomic mass is 127. The van der Waals surface area contributed by atoms with E-state index < -0.39 is 24.2 Å². The Labute approximate surface area is 223 Å². The van der Waals surface area contributed by atoms with E-state index in [0.717, 1.165) is 0 Å². The Balaban J connectivity index is 2.48. The number of rotatable bonds is 14. The van der Waals surface area contributed by atoms with E-state index in [1.807, 2.05) is 22.6 Å². The van der Waals surface area contributed by atoms with Crippen molar-refractivity contribution in [2.45, 2.75) is 31.1 Å². The van der Waals surface area contributed by atoms with Crippen molar-refractivity contribution in [3.63, 3.8) is 0 Å². The van der Waals surface area contributed by atoms with Crippen LogP contribution in [0.4, 0.5) is 0 Å². The third-order valence-electron chi connectivity index (χ3n) is 5.63. The maximum atomic E-state index is 13.0. The van der Waals surface area contributed by atoms with Crippen LogP contribution in [0.1, 0.15) is 23.2 Å². The number of methoxy groups -OCH3 is 3. The Morgan fingerprint density at radius 1 is 1.22 bits per heavy atom. The molecule has 0 bridgehead atoms. The van der Waals surface area contributed by atoms with Crippen LogP contribution >= 0.6 is 22.6 Å². The molecule has 0 radical (unpaired) electrons. The summed E-state index contributed by atoms with van der Waals surface area (Å²) in [6.45, 7) is 0.423. The first-order chi connectivity index (χ1) is 17.3. The van der Waals surface area contributed by atoms with Gasteiger partial charge >= 0.3 is 0 Å². The predicted molar refractivity (Wildman–Crippen MR) is 138 cm³/mol. The molecular weight excluding hydrogens is 587 g/mol. The van der Waals surface area contributed by atoms with Gasteiger partial charge < -0.3 is 39.4 Å². The van der Waals surface area contributed by atoms with Gasteiger partial charge in [-0.25, -0.2) is 0 Å². The second-order valence-electron chi connectivity index (χ2n) is 7.99. The van der Waals surface area contributed by atoms with Crippen molar-refractivity contribution in [1.82, 2.24) is 10.2 Å². The molecule has 0 aliphatic heterocycles. The molecule has 3 atom stereocenters. The van der Waals surface area contributed by atoms with Crippen molar-refractivity contribution in [3.8, 4) is 11.5 Å². The predicted octanol–water partition coefficient (Wildman–Crippen LogP) is 0.539. The molecule has 1 aromatic carbocycles. The van der Waals surface area contributed by atoms with Crippen molar-refractivity contribution >= 4 is 40.7 Å². The summed E-state index contributed by atoms with van der Waals surface area (Å²) in [5.74, 6) is -0.140. The lowest BCUT2D eigenvalue weighted by Crippen LogP contribution is -2.56. The number of hydrogen-bond acceptors (Lipinski definition) is 9. The maximum Gasteiger partial charge on any atom is 0.247 e. The average Bonchev–Trinajstić information content (AvgIpc) is 2.88. The fourth-order valence-corrected chi connectivity index (χ4v) is 4.59. The molecule has 0 saturated heterocycles. The molecule has 0 heterocycles. The molecule has 0 fully saturated rings. The first-order valence-electron chi connectivity index (χ1n) is 11.4. The summed E-state index contributed by atoms with van der Waals surface area (Å²) < 4.78 is 22.3. The molecule has 11 nitrogen and oxygen atoms in total. The molecule has 200 valence electrons. The van der Waals surface area contributed by atoms with Crippen LogP contribution in [-0.4, -0.2) is 106 Å². The van der Waals surface area contributed by atoms with Crippen LogP contribution < -0.4 is 14.8 Å². The van der Waals surface area contributed by atoms with Gasteiger partial charge in [0, 0.05) is 44.9 Å². The topological polar surface area (TPSA) is 144 Å². The monoisotopic (exact) mass is 620 g/mol. The zero-order chi connectivity index (χ0) is 26.7. The molecule has 36 heavy (non-hydrogen) atoms. The van der Waals surface area contributed by atoms with E-state index in [2.05, 4.69) is 5.32 Å². The summed E-state index contributed by atoms with van der Waals surface area (Å²) in [4.78, 5) is 38.6. The van der Waals surface area contributed by atoms with E-state index in [1.165, 1.54) is 38.4 Å². The normalized spacial score (nSPS) is 19.3. The lowest BCUT2D eigenvalue weighted by Gasteiger charge is -2.40. The Bertz CT molecular complexity index is 940. The largest absolute Gasteiger partial charge is 0.493 e. The smallest absolute Gasteiger partial charge is 0.247 e. The number of hydrogen-bond donors (Lipinski definition) is 3. The number of aldehydes is 1. The number of carbonyl (C=O) groups is 3. The van der Waals surface area contributed by atoms with Crippen LogP contribution in [0.2, 0.25) is 0 Å². The molecule has 0 saturated carbocycles. The molecule has 0 aromatic heterocycles. The second-order valence-corrected chi connectivity index (χ2v) is 9.15. The lowest BCUT2D eigenvalue weighted by molar-refractivity contribution is -0.140. The van der Waals surface area contributed by atoms with Crippen molar-refractivity contribution in [2.75, 3.05) is 54.2 Å². The number of nitrogens with zero attached hydrogens (tertiary/aromatic N) is 1. The lowest BCUT2D eigenvalue weighted by atomic mass is 9.88. The van der Waals surface area contributed by atoms with E-state index in [1.54, 1.807) is 6.07 Å². The van der Waals surface area contributed by atoms with Gasteiger partial charge in [0.1, 0.15) is 18.5 Å². The standard InChI is InChI=1S/C24H33IN2O9/c1-33-8-4-21(30)27(6-9-34-2)18-12-16(24(32)26-5-7-28)13-19(22(18)31)36-23-17(25)10-15(14-29)11-20(23)35-3/h10-11,13-14,18-19,22,28,31H,4-9,12H2,1-3H3,(H,26,32)/t18-,19+,22+/m1/s1. The SMILES string of the molecule is COCCC(=O)N(CCOC)[C@@H]1CC(C(=O)NCCO)=C[C@H](Oc2c(I)cc(C=O)cc2OC)[C@H]1O. The van der Waals surface area contributed by atoms with E-state index in [-0.39, 0.29) is 63.2 Å². The average molecular weight is 620 g/mol. The molecule has 12 heteroatoms. The first-order valence-corrected chi connectivity index (χ1v) is 12.4. The summed E-state index contributed by atoms with van der Waals surface area (Å²) in [6.07, 6.45) is 0.119. The molecule has 0 unspecified atom stereocenters. The Morgan fingerprint density at radius 3 is 2.56 bits per heavy atom. The van der Waals surface area contributed by atoms with Crippen LogP contribution in [-0.2, 0) is 19.1 Å². The first kappa shape index (κ1) is 30.0. The van der Waals surface area contributed by atoms with Gasteiger partial charge in [-0.3, -0.25) is 14.4 Å². The summed E-state index contributed by atoms with van der Waals surface area (Å²) in [7, 11) is 4.42. The molecule has 2 rings (SSSR count). The van der Waals surface area contributed by atoms with Gasteiger partial charge in [0.2, 0.25) is 11.8 Å². The van der Waals surface area contributed by atoms with Gasteiger partial charge in [-0.05, 0) is 40.8 Å². The number of benzene rings is 1. The van der Waals surface area contributed by atoms with Gasteiger partial charge in [0.05, 0.1) is 43.0 Å². The van der Waals surface area contributed by atoms with Gasteiger partial charge in [0.25, 0.3) is 0 Å². The molecule has 3 N–H and O–H groups in total. The third-order valence-corrected chi connectivity index (χ3v) is 6.43. The molecule has 1 aromatic rings. The fraction of sp³-hybridized carbons (Fsp3) is 0.542. The molecule has 0 spiro atoms.